The van der Waals surface area contributed by atoms with E-state index in [-0.39, 0.29) is 24.5 Å². The number of pyridine rings is 1. The van der Waals surface area contributed by atoms with E-state index in [0.29, 0.717) is 22.1 Å². The summed E-state index contributed by atoms with van der Waals surface area (Å²) < 4.78 is 6.95. The van der Waals surface area contributed by atoms with Gasteiger partial charge in [-0.3, -0.25) is 9.78 Å². The molecule has 1 aliphatic heterocycles. The zero-order chi connectivity index (χ0) is 25.8. The molecule has 0 bridgehead atoms. The maximum atomic E-state index is 13.1. The minimum absolute atomic E-state index is 0.0263. The zero-order valence-corrected chi connectivity index (χ0v) is 20.9. The highest BCUT2D eigenvalue weighted by molar-refractivity contribution is 7.80. The molecule has 1 fully saturated rings. The number of para-hydroxylation sites is 2. The van der Waals surface area contributed by atoms with E-state index in [2.05, 4.69) is 15.6 Å². The van der Waals surface area contributed by atoms with Crippen LogP contribution < -0.4 is 10.6 Å². The van der Waals surface area contributed by atoms with Crippen molar-refractivity contribution < 1.29 is 14.3 Å². The van der Waals surface area contributed by atoms with Crippen molar-refractivity contribution in [2.24, 2.45) is 0 Å². The van der Waals surface area contributed by atoms with Crippen LogP contribution in [0.1, 0.15) is 33.8 Å². The van der Waals surface area contributed by atoms with E-state index >= 15 is 0 Å². The second kappa shape index (κ2) is 10.6. The molecular weight excluding hydrogens is 486 g/mol. The van der Waals surface area contributed by atoms with Gasteiger partial charge in [0, 0.05) is 23.8 Å². The third kappa shape index (κ3) is 4.94. The summed E-state index contributed by atoms with van der Waals surface area (Å²) in [6, 6.07) is 25.4. The Morgan fingerprint density at radius 1 is 1.00 bits per heavy atom. The Morgan fingerprint density at radius 2 is 1.76 bits per heavy atom. The molecule has 2 N–H and O–H groups in total. The molecule has 0 unspecified atom stereocenters. The SMILES string of the molecule is COC(=O)c1ccccc1-n1cccc1[C@@H]1[C@H](c2ccccn2)NC(=S)N1CC(=O)Nc1ccccc1. The van der Waals surface area contributed by atoms with Crippen molar-refractivity contribution in [1.29, 1.82) is 0 Å². The van der Waals surface area contributed by atoms with E-state index in [1.165, 1.54) is 7.11 Å². The van der Waals surface area contributed by atoms with Crippen LogP contribution in [0.25, 0.3) is 5.69 Å². The fourth-order valence-corrected chi connectivity index (χ4v) is 4.90. The fraction of sp³-hybridized carbons (Fsp3) is 0.143. The number of hydrogen-bond acceptors (Lipinski definition) is 5. The zero-order valence-electron chi connectivity index (χ0n) is 20.1. The molecule has 8 nitrogen and oxygen atoms in total. The summed E-state index contributed by atoms with van der Waals surface area (Å²) in [6.07, 6.45) is 3.61. The molecule has 5 rings (SSSR count). The van der Waals surface area contributed by atoms with Gasteiger partial charge in [-0.1, -0.05) is 36.4 Å². The predicted molar refractivity (Wildman–Crippen MR) is 144 cm³/mol. The topological polar surface area (TPSA) is 88.5 Å². The predicted octanol–water partition coefficient (Wildman–Crippen LogP) is 4.27. The van der Waals surface area contributed by atoms with Crippen LogP contribution in [-0.4, -0.2) is 45.1 Å². The minimum Gasteiger partial charge on any atom is -0.465 e. The van der Waals surface area contributed by atoms with Crippen LogP contribution in [0.4, 0.5) is 5.69 Å². The lowest BCUT2D eigenvalue weighted by Crippen LogP contribution is -2.37. The Kier molecular flexibility index (Phi) is 6.96. The van der Waals surface area contributed by atoms with E-state index < -0.39 is 5.97 Å². The molecule has 2 aromatic carbocycles. The molecule has 0 spiro atoms. The van der Waals surface area contributed by atoms with Gasteiger partial charge in [-0.2, -0.15) is 0 Å². The molecule has 37 heavy (non-hydrogen) atoms. The monoisotopic (exact) mass is 511 g/mol. The van der Waals surface area contributed by atoms with E-state index in [1.807, 2.05) is 88.5 Å². The average molecular weight is 512 g/mol. The summed E-state index contributed by atoms with van der Waals surface area (Å²) in [6.45, 7) is 0.0263. The molecule has 1 saturated heterocycles. The number of hydrogen-bond donors (Lipinski definition) is 2. The van der Waals surface area contributed by atoms with Crippen LogP contribution in [0.5, 0.6) is 0 Å². The summed E-state index contributed by atoms with van der Waals surface area (Å²) in [5.41, 5.74) is 3.43. The number of nitrogens with one attached hydrogen (secondary N) is 2. The van der Waals surface area contributed by atoms with Crippen LogP contribution >= 0.6 is 12.2 Å². The second-order valence-corrected chi connectivity index (χ2v) is 8.87. The Hall–Kier alpha value is -4.50. The number of benzene rings is 2. The van der Waals surface area contributed by atoms with Gasteiger partial charge in [-0.05, 0) is 60.7 Å². The van der Waals surface area contributed by atoms with Gasteiger partial charge in [0.1, 0.15) is 6.54 Å². The smallest absolute Gasteiger partial charge is 0.339 e. The van der Waals surface area contributed by atoms with Gasteiger partial charge in [-0.15, -0.1) is 0 Å². The van der Waals surface area contributed by atoms with Gasteiger partial charge in [0.05, 0.1) is 36.1 Å². The maximum absolute atomic E-state index is 13.1. The summed E-state index contributed by atoms with van der Waals surface area (Å²) in [4.78, 5) is 32.1. The third-order valence-electron chi connectivity index (χ3n) is 6.22. The maximum Gasteiger partial charge on any atom is 0.339 e. The van der Waals surface area contributed by atoms with Gasteiger partial charge in [-0.25, -0.2) is 4.79 Å². The number of amides is 1. The Balaban J connectivity index is 1.55. The lowest BCUT2D eigenvalue weighted by Gasteiger charge is -2.28. The number of anilines is 1. The van der Waals surface area contributed by atoms with Crippen LogP contribution in [-0.2, 0) is 9.53 Å². The summed E-state index contributed by atoms with van der Waals surface area (Å²) in [5.74, 6) is -0.634. The number of carbonyl (C=O) groups is 2. The van der Waals surface area contributed by atoms with Crippen molar-refractivity contribution in [3.8, 4) is 5.69 Å². The quantitative estimate of drug-likeness (QED) is 0.283. The number of esters is 1. The average Bonchev–Trinajstić information content (AvgIpc) is 3.53. The van der Waals surface area contributed by atoms with Gasteiger partial charge in [0.2, 0.25) is 5.91 Å². The highest BCUT2D eigenvalue weighted by Gasteiger charge is 2.42. The van der Waals surface area contributed by atoms with Crippen LogP contribution in [0, 0.1) is 0 Å². The fourth-order valence-electron chi connectivity index (χ4n) is 4.59. The molecule has 9 heteroatoms. The second-order valence-electron chi connectivity index (χ2n) is 8.48. The molecule has 3 heterocycles. The van der Waals surface area contributed by atoms with Crippen molar-refractivity contribution in [3.05, 3.63) is 114 Å². The van der Waals surface area contributed by atoms with Gasteiger partial charge < -0.3 is 24.8 Å². The Morgan fingerprint density at radius 3 is 2.51 bits per heavy atom. The number of methoxy groups -OCH3 is 1. The van der Waals surface area contributed by atoms with Crippen LogP contribution in [0.15, 0.2) is 97.3 Å². The number of nitrogens with zero attached hydrogens (tertiary/aromatic N) is 3. The highest BCUT2D eigenvalue weighted by atomic mass is 32.1. The molecule has 0 saturated carbocycles. The molecule has 0 radical (unpaired) electrons. The lowest BCUT2D eigenvalue weighted by molar-refractivity contribution is -0.116. The first kappa shape index (κ1) is 24.2. The number of thiocarbonyl (C=S) groups is 1. The molecule has 4 aromatic rings. The molecule has 186 valence electrons. The molecular formula is C28H25N5O3S. The van der Waals surface area contributed by atoms with E-state index in [0.717, 1.165) is 11.4 Å². The Bertz CT molecular complexity index is 1420. The number of carbonyl (C=O) groups excluding carboxylic acids is 2. The first-order valence-electron chi connectivity index (χ1n) is 11.7. The van der Waals surface area contributed by atoms with Gasteiger partial charge >= 0.3 is 5.97 Å². The van der Waals surface area contributed by atoms with Crippen LogP contribution in [0.2, 0.25) is 0 Å². The minimum atomic E-state index is -0.435. The van der Waals surface area contributed by atoms with Crippen molar-refractivity contribution in [1.82, 2.24) is 19.8 Å². The van der Waals surface area contributed by atoms with Crippen molar-refractivity contribution in [2.45, 2.75) is 12.1 Å². The largest absolute Gasteiger partial charge is 0.465 e. The highest BCUT2D eigenvalue weighted by Crippen LogP contribution is 2.39. The molecule has 2 aromatic heterocycles. The molecule has 0 aliphatic carbocycles. The van der Waals surface area contributed by atoms with E-state index in [4.69, 9.17) is 17.0 Å². The molecule has 1 amide bonds. The third-order valence-corrected chi connectivity index (χ3v) is 6.57. The summed E-state index contributed by atoms with van der Waals surface area (Å²) in [7, 11) is 1.36. The van der Waals surface area contributed by atoms with Crippen molar-refractivity contribution >= 4 is 34.9 Å². The summed E-state index contributed by atoms with van der Waals surface area (Å²) >= 11 is 5.72. The first-order valence-corrected chi connectivity index (χ1v) is 12.2. The number of ether oxygens (including phenoxy) is 1. The van der Waals surface area contributed by atoms with E-state index in [9.17, 15) is 9.59 Å². The van der Waals surface area contributed by atoms with Crippen molar-refractivity contribution in [2.75, 3.05) is 19.0 Å². The summed E-state index contributed by atoms with van der Waals surface area (Å²) in [5, 5.41) is 6.74. The molecule has 1 aliphatic rings. The number of aromatic nitrogens is 2. The Labute approximate surface area is 219 Å². The van der Waals surface area contributed by atoms with Crippen LogP contribution in [0.3, 0.4) is 0 Å². The van der Waals surface area contributed by atoms with Gasteiger partial charge in [0.15, 0.2) is 5.11 Å². The van der Waals surface area contributed by atoms with Gasteiger partial charge in [0.25, 0.3) is 0 Å². The first-order chi connectivity index (χ1) is 18.1. The molecule has 2 atom stereocenters. The standard InChI is InChI=1S/C28H25N5O3S/c1-36-27(35)20-12-5-6-14-22(20)32-17-9-15-23(32)26-25(21-13-7-8-16-29-21)31-28(37)33(26)18-24(34)30-19-10-3-2-4-11-19/h2-17,25-26H,18H2,1H3,(H,30,34)(H,31,37)/t25-,26+/m0/s1. The number of rotatable bonds is 7. The normalized spacial score (nSPS) is 16.8. The van der Waals surface area contributed by atoms with Crippen molar-refractivity contribution in [3.63, 3.8) is 0 Å². The lowest BCUT2D eigenvalue weighted by atomic mass is 10.0. The van der Waals surface area contributed by atoms with E-state index in [1.54, 1.807) is 18.3 Å².